The number of carbonyl (C=O) groups excluding carboxylic acids is 2. The number of esters is 1. The molecule has 6 nitrogen and oxygen atoms in total. The molecule has 0 bridgehead atoms. The molecule has 6 heteroatoms. The van der Waals surface area contributed by atoms with Crippen molar-refractivity contribution in [2.75, 3.05) is 32.9 Å². The Balaban J connectivity index is 1.61. The summed E-state index contributed by atoms with van der Waals surface area (Å²) in [6.07, 6.45) is 2.07. The molecule has 2 heterocycles. The number of fused-ring (bicyclic) bond motifs is 1. The third-order valence-electron chi connectivity index (χ3n) is 4.46. The Morgan fingerprint density at radius 2 is 1.96 bits per heavy atom. The summed E-state index contributed by atoms with van der Waals surface area (Å²) in [5.41, 5.74) is 0.552. The van der Waals surface area contributed by atoms with Crippen molar-refractivity contribution in [2.24, 2.45) is 5.92 Å². The van der Waals surface area contributed by atoms with Crippen LogP contribution in [0.3, 0.4) is 0 Å². The Morgan fingerprint density at radius 1 is 1.21 bits per heavy atom. The zero-order chi connectivity index (χ0) is 16.9. The Kier molecular flexibility index (Phi) is 5.23. The van der Waals surface area contributed by atoms with Gasteiger partial charge >= 0.3 is 5.97 Å². The van der Waals surface area contributed by atoms with Gasteiger partial charge in [-0.1, -0.05) is 6.07 Å². The van der Waals surface area contributed by atoms with Crippen LogP contribution in [0, 0.1) is 5.92 Å². The fourth-order valence-electron chi connectivity index (χ4n) is 3.21. The molecule has 1 amide bonds. The minimum absolute atomic E-state index is 0.0352. The zero-order valence-electron chi connectivity index (χ0n) is 14.0. The molecule has 0 unspecified atom stereocenters. The van der Waals surface area contributed by atoms with E-state index in [0.717, 1.165) is 12.8 Å². The fourth-order valence-corrected chi connectivity index (χ4v) is 3.21. The smallest absolute Gasteiger partial charge is 0.306 e. The maximum Gasteiger partial charge on any atom is 0.306 e. The first kappa shape index (κ1) is 16.6. The van der Waals surface area contributed by atoms with Crippen LogP contribution in [0.2, 0.25) is 0 Å². The molecule has 2 aliphatic heterocycles. The highest BCUT2D eigenvalue weighted by Crippen LogP contribution is 2.35. The third-order valence-corrected chi connectivity index (χ3v) is 4.46. The second-order valence-corrected chi connectivity index (χ2v) is 6.07. The van der Waals surface area contributed by atoms with Crippen LogP contribution in [-0.2, 0) is 9.53 Å². The van der Waals surface area contributed by atoms with E-state index in [-0.39, 0.29) is 17.8 Å². The topological polar surface area (TPSA) is 65.1 Å². The first-order valence-corrected chi connectivity index (χ1v) is 8.52. The summed E-state index contributed by atoms with van der Waals surface area (Å²) in [5, 5.41) is 0. The second kappa shape index (κ2) is 7.55. The average Bonchev–Trinajstić information content (AvgIpc) is 2.61. The summed E-state index contributed by atoms with van der Waals surface area (Å²) < 4.78 is 16.2. The van der Waals surface area contributed by atoms with E-state index < -0.39 is 0 Å². The monoisotopic (exact) mass is 333 g/mol. The van der Waals surface area contributed by atoms with Gasteiger partial charge in [0.15, 0.2) is 11.5 Å². The molecule has 130 valence electrons. The lowest BCUT2D eigenvalue weighted by Crippen LogP contribution is -2.39. The quantitative estimate of drug-likeness (QED) is 0.791. The van der Waals surface area contributed by atoms with Crippen molar-refractivity contribution in [1.82, 2.24) is 4.90 Å². The van der Waals surface area contributed by atoms with Gasteiger partial charge in [0.1, 0.15) is 13.2 Å². The van der Waals surface area contributed by atoms with Crippen molar-refractivity contribution in [3.05, 3.63) is 23.8 Å². The van der Waals surface area contributed by atoms with Gasteiger partial charge in [-0.15, -0.1) is 0 Å². The van der Waals surface area contributed by atoms with E-state index >= 15 is 0 Å². The van der Waals surface area contributed by atoms with Crippen LogP contribution in [-0.4, -0.2) is 49.7 Å². The number of amides is 1. The molecule has 0 aromatic heterocycles. The standard InChI is InChI=1S/C18H23NO5/c1-2-22-16(20)12-13-6-8-19(9-7-13)18(21)14-4-3-5-15-17(14)24-11-10-23-15/h3-5,13H,2,6-12H2,1H3. The first-order valence-electron chi connectivity index (χ1n) is 8.52. The Bertz CT molecular complexity index is 607. The number of ether oxygens (including phenoxy) is 3. The predicted octanol–water partition coefficient (Wildman–Crippen LogP) is 2.26. The molecule has 1 saturated heterocycles. The third kappa shape index (κ3) is 3.63. The molecule has 1 aromatic rings. The van der Waals surface area contributed by atoms with Crippen LogP contribution >= 0.6 is 0 Å². The number of rotatable bonds is 4. The lowest BCUT2D eigenvalue weighted by atomic mass is 9.93. The van der Waals surface area contributed by atoms with E-state index in [2.05, 4.69) is 0 Å². The predicted molar refractivity (Wildman–Crippen MR) is 87.3 cm³/mol. The van der Waals surface area contributed by atoms with E-state index in [1.165, 1.54) is 0 Å². The number of piperidine rings is 1. The van der Waals surface area contributed by atoms with Crippen LogP contribution in [0.4, 0.5) is 0 Å². The van der Waals surface area contributed by atoms with Gasteiger partial charge in [-0.2, -0.15) is 0 Å². The van der Waals surface area contributed by atoms with Crippen LogP contribution in [0.1, 0.15) is 36.5 Å². The lowest BCUT2D eigenvalue weighted by Gasteiger charge is -2.32. The molecule has 0 aliphatic carbocycles. The minimum atomic E-state index is -0.148. The zero-order valence-corrected chi connectivity index (χ0v) is 14.0. The van der Waals surface area contributed by atoms with Crippen LogP contribution in [0.15, 0.2) is 18.2 Å². The fraction of sp³-hybridized carbons (Fsp3) is 0.556. The summed E-state index contributed by atoms with van der Waals surface area (Å²) in [6, 6.07) is 5.41. The van der Waals surface area contributed by atoms with Gasteiger partial charge in [0.25, 0.3) is 5.91 Å². The minimum Gasteiger partial charge on any atom is -0.486 e. The summed E-state index contributed by atoms with van der Waals surface area (Å²) >= 11 is 0. The van der Waals surface area contributed by atoms with Gasteiger partial charge in [0, 0.05) is 19.5 Å². The van der Waals surface area contributed by atoms with E-state index in [0.29, 0.717) is 56.4 Å². The van der Waals surface area contributed by atoms with Crippen molar-refractivity contribution < 1.29 is 23.8 Å². The number of nitrogens with zero attached hydrogens (tertiary/aromatic N) is 1. The Labute approximate surface area is 141 Å². The highest BCUT2D eigenvalue weighted by Gasteiger charge is 2.28. The van der Waals surface area contributed by atoms with Crippen LogP contribution in [0.5, 0.6) is 11.5 Å². The van der Waals surface area contributed by atoms with Crippen molar-refractivity contribution in [3.63, 3.8) is 0 Å². The SMILES string of the molecule is CCOC(=O)CC1CCN(C(=O)c2cccc3c2OCCO3)CC1. The summed E-state index contributed by atoms with van der Waals surface area (Å²) in [6.45, 7) is 4.48. The molecular formula is C18H23NO5. The highest BCUT2D eigenvalue weighted by atomic mass is 16.6. The highest BCUT2D eigenvalue weighted by molar-refractivity contribution is 5.98. The molecule has 1 aromatic carbocycles. The van der Waals surface area contributed by atoms with Gasteiger partial charge in [0.05, 0.1) is 12.2 Å². The van der Waals surface area contributed by atoms with Gasteiger partial charge in [-0.25, -0.2) is 0 Å². The van der Waals surface area contributed by atoms with Gasteiger partial charge in [0.2, 0.25) is 0 Å². The second-order valence-electron chi connectivity index (χ2n) is 6.07. The maximum atomic E-state index is 12.8. The number of likely N-dealkylation sites (tertiary alicyclic amines) is 1. The van der Waals surface area contributed by atoms with Crippen molar-refractivity contribution in [1.29, 1.82) is 0 Å². The van der Waals surface area contributed by atoms with E-state index in [1.807, 2.05) is 24.0 Å². The van der Waals surface area contributed by atoms with Crippen molar-refractivity contribution in [3.8, 4) is 11.5 Å². The van der Waals surface area contributed by atoms with Gasteiger partial charge in [-0.3, -0.25) is 9.59 Å². The number of para-hydroxylation sites is 1. The van der Waals surface area contributed by atoms with Gasteiger partial charge < -0.3 is 19.1 Å². The molecule has 3 rings (SSSR count). The van der Waals surface area contributed by atoms with E-state index in [1.54, 1.807) is 6.07 Å². The molecule has 0 atom stereocenters. The van der Waals surface area contributed by atoms with Crippen LogP contribution in [0.25, 0.3) is 0 Å². The molecule has 0 saturated carbocycles. The number of hydrogen-bond acceptors (Lipinski definition) is 5. The number of carbonyl (C=O) groups is 2. The lowest BCUT2D eigenvalue weighted by molar-refractivity contribution is -0.144. The molecule has 0 radical (unpaired) electrons. The van der Waals surface area contributed by atoms with E-state index in [4.69, 9.17) is 14.2 Å². The molecular weight excluding hydrogens is 310 g/mol. The molecule has 0 spiro atoms. The first-order chi connectivity index (χ1) is 11.7. The van der Waals surface area contributed by atoms with Crippen LogP contribution < -0.4 is 9.47 Å². The summed E-state index contributed by atoms with van der Waals surface area (Å²) in [7, 11) is 0. The normalized spacial score (nSPS) is 17.5. The summed E-state index contributed by atoms with van der Waals surface area (Å²) in [5.74, 6) is 1.28. The average molecular weight is 333 g/mol. The Hall–Kier alpha value is -2.24. The summed E-state index contributed by atoms with van der Waals surface area (Å²) in [4.78, 5) is 26.2. The number of benzene rings is 1. The van der Waals surface area contributed by atoms with Crippen molar-refractivity contribution >= 4 is 11.9 Å². The number of hydrogen-bond donors (Lipinski definition) is 0. The van der Waals surface area contributed by atoms with Gasteiger partial charge in [-0.05, 0) is 37.8 Å². The maximum absolute atomic E-state index is 12.8. The molecule has 1 fully saturated rings. The molecule has 2 aliphatic rings. The van der Waals surface area contributed by atoms with E-state index in [9.17, 15) is 9.59 Å². The van der Waals surface area contributed by atoms with Crippen molar-refractivity contribution in [2.45, 2.75) is 26.2 Å². The molecule has 0 N–H and O–H groups in total. The molecule has 24 heavy (non-hydrogen) atoms. The largest absolute Gasteiger partial charge is 0.486 e. The Morgan fingerprint density at radius 3 is 2.71 bits per heavy atom.